The molecule has 1 aliphatic carbocycles. The molecule has 1 aromatic carbocycles. The highest BCUT2D eigenvalue weighted by Crippen LogP contribution is 2.38. The first-order chi connectivity index (χ1) is 13.0. The van der Waals surface area contributed by atoms with Crippen LogP contribution in [0.4, 0.5) is 0 Å². The number of benzene rings is 1. The topological polar surface area (TPSA) is 88.1 Å². The molecule has 2 fully saturated rings. The molecule has 27 heavy (non-hydrogen) atoms. The molecule has 7 nitrogen and oxygen atoms in total. The number of carbonyl (C=O) groups is 2. The maximum atomic E-state index is 11.4. The van der Waals surface area contributed by atoms with Gasteiger partial charge in [-0.3, -0.25) is 14.5 Å². The van der Waals surface area contributed by atoms with Crippen molar-refractivity contribution in [2.45, 2.75) is 38.5 Å². The van der Waals surface area contributed by atoms with Crippen molar-refractivity contribution < 1.29 is 24.2 Å². The van der Waals surface area contributed by atoms with Crippen LogP contribution in [-0.4, -0.2) is 61.8 Å². The molecule has 0 bridgehead atoms. The number of nitrogens with zero attached hydrogens (tertiary/aromatic N) is 1. The van der Waals surface area contributed by atoms with Gasteiger partial charge >= 0.3 is 0 Å². The Balaban J connectivity index is 0.000000817. The Labute approximate surface area is 160 Å². The van der Waals surface area contributed by atoms with E-state index in [1.165, 1.54) is 5.56 Å². The minimum atomic E-state index is -0.250. The van der Waals surface area contributed by atoms with E-state index in [-0.39, 0.29) is 24.5 Å². The van der Waals surface area contributed by atoms with Gasteiger partial charge in [0.1, 0.15) is 5.75 Å². The number of ether oxygens (including phenoxy) is 2. The van der Waals surface area contributed by atoms with E-state index in [9.17, 15) is 4.79 Å². The summed E-state index contributed by atoms with van der Waals surface area (Å²) in [5.41, 5.74) is 1.29. The van der Waals surface area contributed by atoms with Gasteiger partial charge in [0.15, 0.2) is 0 Å². The standard InChI is InChI=1S/C19H28N2O3.CH2O2/c1-13(22)20-18-8-15-11-21(12-16(15)9-19(18)24-3)10-14-5-4-6-17(7-14)23-2;2-1-3/h4-7,15-16,18-19H,8-12H2,1-3H3,(H,20,22);1H,(H,2,3)/t15-,16+,18-,19-;/m1./s1. The monoisotopic (exact) mass is 378 g/mol. The summed E-state index contributed by atoms with van der Waals surface area (Å²) in [5, 5.41) is 9.96. The molecule has 7 heteroatoms. The van der Waals surface area contributed by atoms with Crippen molar-refractivity contribution in [1.29, 1.82) is 0 Å². The van der Waals surface area contributed by atoms with Crippen LogP contribution in [0, 0.1) is 11.8 Å². The number of carboxylic acid groups (broad SMARTS) is 1. The number of hydrogen-bond donors (Lipinski definition) is 2. The fraction of sp³-hybridized carbons (Fsp3) is 0.600. The molecular weight excluding hydrogens is 348 g/mol. The van der Waals surface area contributed by atoms with Gasteiger partial charge in [0, 0.05) is 33.7 Å². The van der Waals surface area contributed by atoms with E-state index in [4.69, 9.17) is 19.4 Å². The summed E-state index contributed by atoms with van der Waals surface area (Å²) in [4.78, 5) is 22.3. The van der Waals surface area contributed by atoms with Crippen LogP contribution in [0.3, 0.4) is 0 Å². The van der Waals surface area contributed by atoms with E-state index in [1.807, 2.05) is 12.1 Å². The number of nitrogens with one attached hydrogen (secondary N) is 1. The molecule has 1 amide bonds. The van der Waals surface area contributed by atoms with E-state index in [0.717, 1.165) is 38.2 Å². The molecule has 4 atom stereocenters. The van der Waals surface area contributed by atoms with Gasteiger partial charge in [-0.1, -0.05) is 12.1 Å². The van der Waals surface area contributed by atoms with Gasteiger partial charge in [0.05, 0.1) is 19.3 Å². The zero-order chi connectivity index (χ0) is 19.8. The van der Waals surface area contributed by atoms with Crippen molar-refractivity contribution in [2.75, 3.05) is 27.3 Å². The van der Waals surface area contributed by atoms with Gasteiger partial charge in [-0.15, -0.1) is 0 Å². The predicted molar refractivity (Wildman–Crippen MR) is 102 cm³/mol. The fourth-order valence-corrected chi connectivity index (χ4v) is 4.34. The van der Waals surface area contributed by atoms with Crippen LogP contribution in [0.2, 0.25) is 0 Å². The van der Waals surface area contributed by atoms with Crippen LogP contribution in [-0.2, 0) is 20.9 Å². The minimum absolute atomic E-state index is 0.0340. The lowest BCUT2D eigenvalue weighted by molar-refractivity contribution is -0.123. The molecule has 1 saturated carbocycles. The van der Waals surface area contributed by atoms with E-state index in [2.05, 4.69) is 22.3 Å². The normalized spacial score (nSPS) is 27.1. The Morgan fingerprint density at radius 2 is 1.96 bits per heavy atom. The quantitative estimate of drug-likeness (QED) is 0.759. The summed E-state index contributed by atoms with van der Waals surface area (Å²) in [7, 11) is 3.46. The highest BCUT2D eigenvalue weighted by atomic mass is 16.5. The summed E-state index contributed by atoms with van der Waals surface area (Å²) in [6.45, 7) is 4.48. The molecule has 0 spiro atoms. The fourth-order valence-electron chi connectivity index (χ4n) is 4.34. The first kappa shape index (κ1) is 21.2. The molecule has 1 saturated heterocycles. The maximum Gasteiger partial charge on any atom is 0.290 e. The van der Waals surface area contributed by atoms with Crippen molar-refractivity contribution in [3.05, 3.63) is 29.8 Å². The summed E-state index contributed by atoms with van der Waals surface area (Å²) < 4.78 is 11.0. The van der Waals surface area contributed by atoms with Crippen molar-refractivity contribution in [3.8, 4) is 5.75 Å². The van der Waals surface area contributed by atoms with Crippen LogP contribution in [0.25, 0.3) is 0 Å². The molecular formula is C20H30N2O5. The van der Waals surface area contributed by atoms with Gasteiger partial charge in [-0.25, -0.2) is 0 Å². The number of likely N-dealkylation sites (tertiary alicyclic amines) is 1. The van der Waals surface area contributed by atoms with Gasteiger partial charge < -0.3 is 19.9 Å². The third-order valence-corrected chi connectivity index (χ3v) is 5.42. The Morgan fingerprint density at radius 1 is 1.30 bits per heavy atom. The summed E-state index contributed by atoms with van der Waals surface area (Å²) in [6, 6.07) is 8.44. The van der Waals surface area contributed by atoms with Gasteiger partial charge in [-0.05, 0) is 42.4 Å². The molecule has 2 N–H and O–H groups in total. The Hall–Kier alpha value is -2.12. The molecule has 0 unspecified atom stereocenters. The molecule has 0 aromatic heterocycles. The first-order valence-electron chi connectivity index (χ1n) is 9.23. The minimum Gasteiger partial charge on any atom is -0.497 e. The zero-order valence-corrected chi connectivity index (χ0v) is 16.3. The molecule has 150 valence electrons. The third kappa shape index (κ3) is 5.94. The van der Waals surface area contributed by atoms with Crippen molar-refractivity contribution >= 4 is 12.4 Å². The van der Waals surface area contributed by atoms with E-state index in [0.29, 0.717) is 11.8 Å². The first-order valence-corrected chi connectivity index (χ1v) is 9.23. The number of hydrogen-bond acceptors (Lipinski definition) is 5. The number of carbonyl (C=O) groups excluding carboxylic acids is 1. The number of amides is 1. The molecule has 1 aromatic rings. The predicted octanol–water partition coefficient (Wildman–Crippen LogP) is 1.76. The summed E-state index contributed by atoms with van der Waals surface area (Å²) >= 11 is 0. The van der Waals surface area contributed by atoms with Crippen LogP contribution in [0.1, 0.15) is 25.3 Å². The van der Waals surface area contributed by atoms with Gasteiger partial charge in [0.2, 0.25) is 5.91 Å². The Kier molecular flexibility index (Phi) is 8.06. The summed E-state index contributed by atoms with van der Waals surface area (Å²) in [6.07, 6.45) is 2.17. The van der Waals surface area contributed by atoms with Crippen molar-refractivity contribution in [3.63, 3.8) is 0 Å². The third-order valence-electron chi connectivity index (χ3n) is 5.42. The maximum absolute atomic E-state index is 11.4. The number of methoxy groups -OCH3 is 2. The number of rotatable bonds is 5. The lowest BCUT2D eigenvalue weighted by Crippen LogP contribution is -2.49. The van der Waals surface area contributed by atoms with Gasteiger partial charge in [-0.2, -0.15) is 0 Å². The largest absolute Gasteiger partial charge is 0.497 e. The molecule has 1 aliphatic heterocycles. The second-order valence-electron chi connectivity index (χ2n) is 7.22. The molecule has 1 heterocycles. The highest BCUT2D eigenvalue weighted by Gasteiger charge is 2.42. The SMILES string of the molecule is COc1cccc(CN2C[C@H]3C[C@@H](NC(C)=O)[C@H](OC)C[C@H]3C2)c1.O=CO. The van der Waals surface area contributed by atoms with Crippen LogP contribution in [0.15, 0.2) is 24.3 Å². The Bertz CT molecular complexity index is 624. The molecule has 2 aliphatic rings. The lowest BCUT2D eigenvalue weighted by atomic mass is 9.77. The lowest BCUT2D eigenvalue weighted by Gasteiger charge is -2.37. The average Bonchev–Trinajstić information content (AvgIpc) is 3.02. The second kappa shape index (κ2) is 10.3. The average molecular weight is 378 g/mol. The van der Waals surface area contributed by atoms with Crippen LogP contribution < -0.4 is 10.1 Å². The number of fused-ring (bicyclic) bond motifs is 1. The summed E-state index contributed by atoms with van der Waals surface area (Å²) in [5.74, 6) is 2.24. The highest BCUT2D eigenvalue weighted by molar-refractivity contribution is 5.73. The van der Waals surface area contributed by atoms with Crippen LogP contribution >= 0.6 is 0 Å². The molecule has 3 rings (SSSR count). The van der Waals surface area contributed by atoms with E-state index < -0.39 is 0 Å². The second-order valence-corrected chi connectivity index (χ2v) is 7.22. The smallest absolute Gasteiger partial charge is 0.290 e. The van der Waals surface area contributed by atoms with Crippen molar-refractivity contribution in [2.24, 2.45) is 11.8 Å². The van der Waals surface area contributed by atoms with Crippen molar-refractivity contribution in [1.82, 2.24) is 10.2 Å². The van der Waals surface area contributed by atoms with Crippen LogP contribution in [0.5, 0.6) is 5.75 Å². The zero-order valence-electron chi connectivity index (χ0n) is 16.3. The van der Waals surface area contributed by atoms with Gasteiger partial charge in [0.25, 0.3) is 6.47 Å². The van der Waals surface area contributed by atoms with E-state index in [1.54, 1.807) is 21.1 Å². The Morgan fingerprint density at radius 3 is 2.56 bits per heavy atom. The van der Waals surface area contributed by atoms with E-state index >= 15 is 0 Å². The molecule has 0 radical (unpaired) electrons.